The second-order valence-electron chi connectivity index (χ2n) is 4.47. The van der Waals surface area contributed by atoms with Crippen LogP contribution >= 0.6 is 0 Å². The van der Waals surface area contributed by atoms with Gasteiger partial charge in [-0.15, -0.1) is 0 Å². The summed E-state index contributed by atoms with van der Waals surface area (Å²) in [5, 5.41) is 0. The van der Waals surface area contributed by atoms with Crippen LogP contribution < -0.4 is 0 Å². The highest BCUT2D eigenvalue weighted by atomic mass is 16.1. The van der Waals surface area contributed by atoms with Crippen molar-refractivity contribution in [3.63, 3.8) is 0 Å². The van der Waals surface area contributed by atoms with E-state index in [0.29, 0.717) is 12.2 Å². The zero-order chi connectivity index (χ0) is 12.8. The third-order valence-electron chi connectivity index (χ3n) is 3.52. The van der Waals surface area contributed by atoms with Gasteiger partial charge in [-0.1, -0.05) is 39.8 Å². The molecule has 0 atom stereocenters. The van der Waals surface area contributed by atoms with Crippen molar-refractivity contribution in [2.45, 2.75) is 59.4 Å². The minimum absolute atomic E-state index is 0.275. The van der Waals surface area contributed by atoms with Crippen LogP contribution in [-0.4, -0.2) is 29.3 Å². The third-order valence-corrected chi connectivity index (χ3v) is 3.52. The molecule has 94 valence electrons. The molecule has 0 rings (SSSR count). The molecule has 0 unspecified atom stereocenters. The van der Waals surface area contributed by atoms with Crippen molar-refractivity contribution in [2.75, 3.05) is 13.1 Å². The first-order valence-electron chi connectivity index (χ1n) is 6.41. The monoisotopic (exact) mass is 225 g/mol. The minimum Gasteiger partial charge on any atom is -0.297 e. The van der Waals surface area contributed by atoms with Gasteiger partial charge in [0.05, 0.1) is 5.54 Å². The van der Waals surface area contributed by atoms with Crippen molar-refractivity contribution in [2.24, 2.45) is 0 Å². The Morgan fingerprint density at radius 1 is 1.12 bits per heavy atom. The van der Waals surface area contributed by atoms with E-state index in [1.807, 2.05) is 6.92 Å². The van der Waals surface area contributed by atoms with Crippen LogP contribution in [0.5, 0.6) is 0 Å². The molecule has 0 aliphatic carbocycles. The molecule has 0 saturated carbocycles. The van der Waals surface area contributed by atoms with Crippen molar-refractivity contribution in [1.29, 1.82) is 0 Å². The van der Waals surface area contributed by atoms with Crippen molar-refractivity contribution >= 4 is 5.78 Å². The molecule has 0 radical (unpaired) electrons. The Bertz CT molecular complexity index is 237. The zero-order valence-electron chi connectivity index (χ0n) is 11.6. The maximum Gasteiger partial charge on any atom is 0.157 e. The number of rotatable bonds is 8. The second kappa shape index (κ2) is 6.85. The van der Waals surface area contributed by atoms with Gasteiger partial charge < -0.3 is 0 Å². The lowest BCUT2D eigenvalue weighted by molar-refractivity contribution is -0.131. The SMILES string of the molecule is C=C(C)CC(=O)C(CC)(CC)N(CC)CC. The molecule has 0 saturated heterocycles. The lowest BCUT2D eigenvalue weighted by atomic mass is 9.83. The Morgan fingerprint density at radius 2 is 1.56 bits per heavy atom. The average Bonchev–Trinajstić information content (AvgIpc) is 2.24. The first kappa shape index (κ1) is 15.4. The molecule has 0 aromatic heterocycles. The number of Topliss-reactive ketones (excluding diaryl/α,β-unsaturated/α-hetero) is 1. The van der Waals surface area contributed by atoms with E-state index < -0.39 is 0 Å². The summed E-state index contributed by atoms with van der Waals surface area (Å²) in [5.41, 5.74) is 0.686. The molecule has 16 heavy (non-hydrogen) atoms. The molecule has 2 heteroatoms. The average molecular weight is 225 g/mol. The van der Waals surface area contributed by atoms with Crippen LogP contribution in [0.3, 0.4) is 0 Å². The molecule has 0 aliphatic rings. The topological polar surface area (TPSA) is 20.3 Å². The van der Waals surface area contributed by atoms with Gasteiger partial charge in [0.25, 0.3) is 0 Å². The van der Waals surface area contributed by atoms with E-state index in [1.54, 1.807) is 0 Å². The molecule has 0 fully saturated rings. The van der Waals surface area contributed by atoms with Gasteiger partial charge in [0.1, 0.15) is 0 Å². The Kier molecular flexibility index (Phi) is 6.58. The highest BCUT2D eigenvalue weighted by molar-refractivity contribution is 5.90. The number of carbonyl (C=O) groups is 1. The van der Waals surface area contributed by atoms with Crippen LogP contribution in [0.4, 0.5) is 0 Å². The Labute approximate surface area is 101 Å². The molecule has 0 aromatic carbocycles. The van der Waals surface area contributed by atoms with Crippen LogP contribution in [-0.2, 0) is 4.79 Å². The van der Waals surface area contributed by atoms with Gasteiger partial charge in [-0.25, -0.2) is 0 Å². The first-order chi connectivity index (χ1) is 7.48. The Hall–Kier alpha value is -0.630. The Morgan fingerprint density at radius 3 is 1.81 bits per heavy atom. The maximum atomic E-state index is 12.4. The maximum absolute atomic E-state index is 12.4. The molecule has 0 heterocycles. The predicted octanol–water partition coefficient (Wildman–Crippen LogP) is 3.42. The number of allylic oxidation sites excluding steroid dienone is 1. The van der Waals surface area contributed by atoms with Gasteiger partial charge >= 0.3 is 0 Å². The fourth-order valence-corrected chi connectivity index (χ4v) is 2.54. The summed E-state index contributed by atoms with van der Waals surface area (Å²) >= 11 is 0. The first-order valence-corrected chi connectivity index (χ1v) is 6.41. The molecule has 0 aliphatic heterocycles. The molecular weight excluding hydrogens is 198 g/mol. The second-order valence-corrected chi connectivity index (χ2v) is 4.47. The summed E-state index contributed by atoms with van der Waals surface area (Å²) in [6, 6.07) is 0. The van der Waals surface area contributed by atoms with Gasteiger partial charge in [0.15, 0.2) is 5.78 Å². The summed E-state index contributed by atoms with van der Waals surface area (Å²) in [6.45, 7) is 16.1. The summed E-state index contributed by atoms with van der Waals surface area (Å²) in [7, 11) is 0. The molecule has 0 bridgehead atoms. The quantitative estimate of drug-likeness (QED) is 0.590. The molecule has 0 aromatic rings. The number of nitrogens with zero attached hydrogens (tertiary/aromatic N) is 1. The van der Waals surface area contributed by atoms with Gasteiger partial charge in [-0.05, 0) is 32.9 Å². The van der Waals surface area contributed by atoms with Gasteiger partial charge in [-0.2, -0.15) is 0 Å². The van der Waals surface area contributed by atoms with Crippen molar-refractivity contribution in [3.8, 4) is 0 Å². The molecular formula is C14H27NO. The molecule has 0 amide bonds. The van der Waals surface area contributed by atoms with E-state index in [1.165, 1.54) is 0 Å². The molecule has 2 nitrogen and oxygen atoms in total. The number of likely N-dealkylation sites (N-methyl/N-ethyl adjacent to an activating group) is 1. The summed E-state index contributed by atoms with van der Waals surface area (Å²) in [6.07, 6.45) is 2.28. The van der Waals surface area contributed by atoms with E-state index in [2.05, 4.69) is 39.2 Å². The van der Waals surface area contributed by atoms with Gasteiger partial charge in [0.2, 0.25) is 0 Å². The normalized spacial score (nSPS) is 11.9. The Balaban J connectivity index is 5.06. The molecule has 0 N–H and O–H groups in total. The largest absolute Gasteiger partial charge is 0.297 e. The van der Waals surface area contributed by atoms with Crippen molar-refractivity contribution < 1.29 is 4.79 Å². The highest BCUT2D eigenvalue weighted by Crippen LogP contribution is 2.27. The van der Waals surface area contributed by atoms with Crippen LogP contribution in [0.1, 0.15) is 53.9 Å². The number of hydrogen-bond donors (Lipinski definition) is 0. The lowest BCUT2D eigenvalue weighted by Crippen LogP contribution is -2.53. The minimum atomic E-state index is -0.275. The van der Waals surface area contributed by atoms with Gasteiger partial charge in [-0.3, -0.25) is 9.69 Å². The predicted molar refractivity (Wildman–Crippen MR) is 70.7 cm³/mol. The summed E-state index contributed by atoms with van der Waals surface area (Å²) in [4.78, 5) is 14.7. The standard InChI is InChI=1S/C14H27NO/c1-7-14(8-2,15(9-3)10-4)13(16)11-12(5)6/h5,7-11H2,1-4,6H3. The fourth-order valence-electron chi connectivity index (χ4n) is 2.54. The third kappa shape index (κ3) is 3.18. The molecule has 0 spiro atoms. The van der Waals surface area contributed by atoms with Crippen molar-refractivity contribution in [1.82, 2.24) is 4.90 Å². The van der Waals surface area contributed by atoms with Crippen LogP contribution in [0, 0.1) is 0 Å². The van der Waals surface area contributed by atoms with E-state index in [-0.39, 0.29) is 5.54 Å². The highest BCUT2D eigenvalue weighted by Gasteiger charge is 2.38. The van der Waals surface area contributed by atoms with E-state index in [4.69, 9.17) is 0 Å². The number of ketones is 1. The fraction of sp³-hybridized carbons (Fsp3) is 0.786. The smallest absolute Gasteiger partial charge is 0.157 e. The zero-order valence-corrected chi connectivity index (χ0v) is 11.6. The van der Waals surface area contributed by atoms with E-state index in [0.717, 1.165) is 31.5 Å². The summed E-state index contributed by atoms with van der Waals surface area (Å²) in [5.74, 6) is 0.328. The van der Waals surface area contributed by atoms with Crippen molar-refractivity contribution in [3.05, 3.63) is 12.2 Å². The number of carbonyl (C=O) groups excluding carboxylic acids is 1. The van der Waals surface area contributed by atoms with E-state index in [9.17, 15) is 4.79 Å². The van der Waals surface area contributed by atoms with Crippen LogP contribution in [0.2, 0.25) is 0 Å². The summed E-state index contributed by atoms with van der Waals surface area (Å²) < 4.78 is 0. The lowest BCUT2D eigenvalue weighted by Gasteiger charge is -2.41. The number of hydrogen-bond acceptors (Lipinski definition) is 2. The van der Waals surface area contributed by atoms with E-state index >= 15 is 0 Å². The van der Waals surface area contributed by atoms with Gasteiger partial charge in [0, 0.05) is 6.42 Å². The van der Waals surface area contributed by atoms with Crippen LogP contribution in [0.25, 0.3) is 0 Å². The van der Waals surface area contributed by atoms with Crippen LogP contribution in [0.15, 0.2) is 12.2 Å².